The van der Waals surface area contributed by atoms with Gasteiger partial charge in [-0.1, -0.05) is 53.1 Å². The molecule has 176 valence electrons. The predicted octanol–water partition coefficient (Wildman–Crippen LogP) is 5.93. The number of rotatable bonds is 5. The standard InChI is InChI=1S/C26H22ClN5O3/c1-13-11-17(15(3)29-19-9-10-20(27)30-21(19)25-31-32-26(28)35-25)24-18(12-13)22(33)14(2)23(34-24)16-7-5-4-6-8-16/h4-12,15,29H,1-3H3,(H2,28,32). The molecule has 9 heteroatoms. The molecule has 3 aromatic heterocycles. The Labute approximate surface area is 205 Å². The number of hydrogen-bond donors (Lipinski definition) is 2. The van der Waals surface area contributed by atoms with Gasteiger partial charge in [0, 0.05) is 16.7 Å². The second-order valence-corrected chi connectivity index (χ2v) is 8.71. The molecule has 3 heterocycles. The zero-order valence-electron chi connectivity index (χ0n) is 19.3. The molecule has 8 nitrogen and oxygen atoms in total. The van der Waals surface area contributed by atoms with E-state index in [9.17, 15) is 4.79 Å². The number of nitrogens with zero attached hydrogens (tertiary/aromatic N) is 3. The van der Waals surface area contributed by atoms with Crippen LogP contribution in [0.3, 0.4) is 0 Å². The van der Waals surface area contributed by atoms with Gasteiger partial charge >= 0.3 is 6.01 Å². The number of nitrogens with two attached hydrogens (primary N) is 1. The van der Waals surface area contributed by atoms with Gasteiger partial charge in [0.05, 0.1) is 17.1 Å². The number of fused-ring (bicyclic) bond motifs is 1. The number of nitrogens with one attached hydrogen (secondary N) is 1. The number of aromatic nitrogens is 3. The first kappa shape index (κ1) is 22.6. The van der Waals surface area contributed by atoms with E-state index in [2.05, 4.69) is 20.5 Å². The average molecular weight is 488 g/mol. The number of hydrogen-bond acceptors (Lipinski definition) is 8. The number of anilines is 2. The summed E-state index contributed by atoms with van der Waals surface area (Å²) in [6.07, 6.45) is 0. The van der Waals surface area contributed by atoms with Crippen molar-refractivity contribution in [3.05, 3.63) is 86.7 Å². The molecule has 0 saturated heterocycles. The Hall–Kier alpha value is -4.17. The SMILES string of the molecule is Cc1cc(C(C)Nc2ccc(Cl)nc2-c2nnc(N)o2)c2oc(-c3ccccc3)c(C)c(=O)c2c1. The summed E-state index contributed by atoms with van der Waals surface area (Å²) in [5.41, 5.74) is 10.2. The first-order valence-electron chi connectivity index (χ1n) is 11.0. The first-order valence-corrected chi connectivity index (χ1v) is 11.4. The summed E-state index contributed by atoms with van der Waals surface area (Å²) in [7, 11) is 0. The fourth-order valence-corrected chi connectivity index (χ4v) is 4.26. The monoisotopic (exact) mass is 487 g/mol. The van der Waals surface area contributed by atoms with Crippen LogP contribution in [-0.4, -0.2) is 15.2 Å². The van der Waals surface area contributed by atoms with Crippen LogP contribution in [0.5, 0.6) is 0 Å². The number of aryl methyl sites for hydroxylation is 1. The van der Waals surface area contributed by atoms with Crippen molar-refractivity contribution in [2.45, 2.75) is 26.8 Å². The van der Waals surface area contributed by atoms with Crippen LogP contribution in [0, 0.1) is 13.8 Å². The number of pyridine rings is 1. The van der Waals surface area contributed by atoms with Crippen molar-refractivity contribution >= 4 is 34.3 Å². The summed E-state index contributed by atoms with van der Waals surface area (Å²) in [4.78, 5) is 17.7. The molecule has 0 aliphatic rings. The summed E-state index contributed by atoms with van der Waals surface area (Å²) < 4.78 is 11.8. The third-order valence-corrected chi connectivity index (χ3v) is 5.98. The Morgan fingerprint density at radius 1 is 1.03 bits per heavy atom. The van der Waals surface area contributed by atoms with E-state index in [1.165, 1.54) is 0 Å². The fourth-order valence-electron chi connectivity index (χ4n) is 4.11. The molecule has 0 spiro atoms. The zero-order chi connectivity index (χ0) is 24.7. The van der Waals surface area contributed by atoms with E-state index in [0.29, 0.717) is 33.7 Å². The fraction of sp³-hybridized carbons (Fsp3) is 0.154. The lowest BCUT2D eigenvalue weighted by Crippen LogP contribution is -2.13. The highest BCUT2D eigenvalue weighted by Crippen LogP contribution is 2.34. The van der Waals surface area contributed by atoms with Crippen molar-refractivity contribution in [2.24, 2.45) is 0 Å². The van der Waals surface area contributed by atoms with Gasteiger partial charge in [-0.15, -0.1) is 5.10 Å². The number of benzene rings is 2. The van der Waals surface area contributed by atoms with Crippen molar-refractivity contribution in [3.8, 4) is 22.9 Å². The van der Waals surface area contributed by atoms with Crippen LogP contribution in [0.1, 0.15) is 29.7 Å². The summed E-state index contributed by atoms with van der Waals surface area (Å²) >= 11 is 6.12. The summed E-state index contributed by atoms with van der Waals surface area (Å²) in [6.45, 7) is 5.71. The molecule has 35 heavy (non-hydrogen) atoms. The molecule has 0 amide bonds. The van der Waals surface area contributed by atoms with E-state index < -0.39 is 0 Å². The largest absolute Gasteiger partial charge is 0.455 e. The summed E-state index contributed by atoms with van der Waals surface area (Å²) in [5, 5.41) is 11.9. The van der Waals surface area contributed by atoms with Gasteiger partial charge in [-0.25, -0.2) is 4.98 Å². The highest BCUT2D eigenvalue weighted by Gasteiger charge is 2.21. The Morgan fingerprint density at radius 2 is 1.80 bits per heavy atom. The van der Waals surface area contributed by atoms with Crippen molar-refractivity contribution in [3.63, 3.8) is 0 Å². The second-order valence-electron chi connectivity index (χ2n) is 8.32. The van der Waals surface area contributed by atoms with Gasteiger partial charge in [-0.05, 0) is 44.5 Å². The van der Waals surface area contributed by atoms with Crippen LogP contribution < -0.4 is 16.5 Å². The van der Waals surface area contributed by atoms with Crippen LogP contribution in [0.4, 0.5) is 11.7 Å². The maximum absolute atomic E-state index is 13.3. The summed E-state index contributed by atoms with van der Waals surface area (Å²) in [6, 6.07) is 16.5. The summed E-state index contributed by atoms with van der Waals surface area (Å²) in [5.74, 6) is 0.693. The lowest BCUT2D eigenvalue weighted by Gasteiger charge is -2.19. The van der Waals surface area contributed by atoms with Gasteiger partial charge in [0.2, 0.25) is 0 Å². The number of halogens is 1. The predicted molar refractivity (Wildman–Crippen MR) is 136 cm³/mol. The minimum absolute atomic E-state index is 0.0579. The zero-order valence-corrected chi connectivity index (χ0v) is 20.1. The van der Waals surface area contributed by atoms with Crippen LogP contribution in [0.2, 0.25) is 5.15 Å². The Bertz CT molecular complexity index is 1610. The average Bonchev–Trinajstić information content (AvgIpc) is 3.29. The molecule has 0 radical (unpaired) electrons. The molecule has 0 bridgehead atoms. The van der Waals surface area contributed by atoms with Gasteiger partial charge in [0.15, 0.2) is 11.1 Å². The van der Waals surface area contributed by atoms with Gasteiger partial charge in [-0.2, -0.15) is 0 Å². The molecule has 0 aliphatic heterocycles. The van der Waals surface area contributed by atoms with E-state index in [1.807, 2.05) is 56.3 Å². The van der Waals surface area contributed by atoms with Crippen LogP contribution in [0.25, 0.3) is 33.9 Å². The molecule has 1 atom stereocenters. The molecule has 5 aromatic rings. The van der Waals surface area contributed by atoms with Crippen molar-refractivity contribution in [2.75, 3.05) is 11.1 Å². The first-order chi connectivity index (χ1) is 16.8. The van der Waals surface area contributed by atoms with Crippen LogP contribution in [0.15, 0.2) is 68.2 Å². The van der Waals surface area contributed by atoms with Gasteiger partial charge in [0.25, 0.3) is 5.89 Å². The smallest absolute Gasteiger partial charge is 0.313 e. The maximum atomic E-state index is 13.3. The lowest BCUT2D eigenvalue weighted by molar-refractivity contribution is 0.587. The quantitative estimate of drug-likeness (QED) is 0.292. The molecule has 0 saturated carbocycles. The minimum Gasteiger partial charge on any atom is -0.455 e. The molecular weight excluding hydrogens is 466 g/mol. The highest BCUT2D eigenvalue weighted by atomic mass is 35.5. The van der Waals surface area contributed by atoms with Gasteiger partial charge in [-0.3, -0.25) is 4.79 Å². The number of nitrogen functional groups attached to an aromatic ring is 1. The Morgan fingerprint density at radius 3 is 2.51 bits per heavy atom. The topological polar surface area (TPSA) is 120 Å². The Balaban J connectivity index is 1.64. The molecular formula is C26H22ClN5O3. The second kappa shape index (κ2) is 8.88. The highest BCUT2D eigenvalue weighted by molar-refractivity contribution is 6.29. The molecule has 0 fully saturated rings. The van der Waals surface area contributed by atoms with Crippen LogP contribution >= 0.6 is 11.6 Å². The normalized spacial score (nSPS) is 12.1. The van der Waals surface area contributed by atoms with Crippen LogP contribution in [-0.2, 0) is 0 Å². The third-order valence-electron chi connectivity index (χ3n) is 5.77. The third kappa shape index (κ3) is 4.24. The van der Waals surface area contributed by atoms with E-state index in [4.69, 9.17) is 26.2 Å². The van der Waals surface area contributed by atoms with Crippen molar-refractivity contribution in [1.29, 1.82) is 0 Å². The van der Waals surface area contributed by atoms with E-state index >= 15 is 0 Å². The van der Waals surface area contributed by atoms with Crippen molar-refractivity contribution in [1.82, 2.24) is 15.2 Å². The molecule has 3 N–H and O–H groups in total. The molecule has 0 aliphatic carbocycles. The van der Waals surface area contributed by atoms with E-state index in [-0.39, 0.29) is 28.5 Å². The minimum atomic E-state index is -0.283. The molecule has 1 unspecified atom stereocenters. The molecule has 2 aromatic carbocycles. The lowest BCUT2D eigenvalue weighted by atomic mass is 9.98. The van der Waals surface area contributed by atoms with Gasteiger partial charge < -0.3 is 19.9 Å². The molecule has 5 rings (SSSR count). The van der Waals surface area contributed by atoms with E-state index in [0.717, 1.165) is 16.7 Å². The van der Waals surface area contributed by atoms with Gasteiger partial charge in [0.1, 0.15) is 16.5 Å². The van der Waals surface area contributed by atoms with Crippen molar-refractivity contribution < 1.29 is 8.83 Å². The maximum Gasteiger partial charge on any atom is 0.313 e. The Kier molecular flexibility index (Phi) is 5.74. The van der Waals surface area contributed by atoms with E-state index in [1.54, 1.807) is 19.1 Å².